The molecule has 0 amide bonds. The average Bonchev–Trinajstić information content (AvgIpc) is 2.62. The summed E-state index contributed by atoms with van der Waals surface area (Å²) in [6.45, 7) is 1.70. The molecule has 0 spiro atoms. The highest BCUT2D eigenvalue weighted by molar-refractivity contribution is 6.02. The summed E-state index contributed by atoms with van der Waals surface area (Å²) in [7, 11) is 0. The maximum absolute atomic E-state index is 8.52. The number of para-hydroxylation sites is 1. The van der Waals surface area contributed by atoms with Crippen LogP contribution in [0.3, 0.4) is 0 Å². The molecule has 1 aromatic carbocycles. The predicted molar refractivity (Wildman–Crippen MR) is 56.8 cm³/mol. The van der Waals surface area contributed by atoms with Crippen LogP contribution in [-0.2, 0) is 0 Å². The lowest BCUT2D eigenvalue weighted by atomic mass is 10.2. The highest BCUT2D eigenvalue weighted by Gasteiger charge is 2.02. The minimum atomic E-state index is 0.467. The van der Waals surface area contributed by atoms with Crippen LogP contribution >= 0.6 is 0 Å². The minimum Gasteiger partial charge on any atom is -0.409 e. The lowest BCUT2D eigenvalue weighted by molar-refractivity contribution is 0.318. The van der Waals surface area contributed by atoms with Crippen LogP contribution in [0.15, 0.2) is 35.6 Å². The van der Waals surface area contributed by atoms with Crippen LogP contribution in [0.25, 0.3) is 10.9 Å². The lowest BCUT2D eigenvalue weighted by Gasteiger charge is -2.00. The van der Waals surface area contributed by atoms with Gasteiger partial charge in [0.15, 0.2) is 0 Å². The molecule has 0 aliphatic heterocycles. The molecular formula is C10H11N3O. The van der Waals surface area contributed by atoms with Crippen molar-refractivity contribution >= 4 is 22.4 Å². The Morgan fingerprint density at radius 2 is 2.21 bits per heavy atom. The summed E-state index contributed by atoms with van der Waals surface area (Å²) in [5, 5.41) is 15.6. The van der Waals surface area contributed by atoms with Gasteiger partial charge in [-0.2, -0.15) is 0 Å². The van der Waals surface area contributed by atoms with Crippen molar-refractivity contribution in [1.29, 1.82) is 0 Å². The summed E-state index contributed by atoms with van der Waals surface area (Å²) in [5.74, 6) is 0.467. The molecule has 2 rings (SSSR count). The Bertz CT molecular complexity index is 473. The Balaban J connectivity index is 2.43. The molecule has 0 aliphatic rings. The van der Waals surface area contributed by atoms with Gasteiger partial charge >= 0.3 is 0 Å². The first-order valence-corrected chi connectivity index (χ1v) is 4.33. The molecule has 0 aliphatic carbocycles. The van der Waals surface area contributed by atoms with Gasteiger partial charge in [-0.15, -0.1) is 0 Å². The zero-order chi connectivity index (χ0) is 9.97. The second kappa shape index (κ2) is 3.41. The van der Waals surface area contributed by atoms with Crippen molar-refractivity contribution in [3.8, 4) is 0 Å². The van der Waals surface area contributed by atoms with E-state index in [0.717, 1.165) is 16.6 Å². The van der Waals surface area contributed by atoms with Crippen LogP contribution in [0.2, 0.25) is 0 Å². The third-order valence-corrected chi connectivity index (χ3v) is 2.05. The van der Waals surface area contributed by atoms with Gasteiger partial charge in [0.05, 0.1) is 5.69 Å². The van der Waals surface area contributed by atoms with Crippen LogP contribution in [0.4, 0.5) is 5.69 Å². The molecule has 1 aromatic heterocycles. The molecule has 2 aromatic rings. The monoisotopic (exact) mass is 189 g/mol. The first-order valence-electron chi connectivity index (χ1n) is 4.33. The smallest absolute Gasteiger partial charge is 0.143 e. The normalized spacial score (nSPS) is 11.9. The molecule has 4 heteroatoms. The fraction of sp³-hybridized carbons (Fsp3) is 0.100. The van der Waals surface area contributed by atoms with Crippen molar-refractivity contribution in [2.75, 3.05) is 5.32 Å². The molecule has 0 fully saturated rings. The largest absolute Gasteiger partial charge is 0.409 e. The van der Waals surface area contributed by atoms with Crippen LogP contribution in [-0.4, -0.2) is 16.0 Å². The minimum absolute atomic E-state index is 0.467. The van der Waals surface area contributed by atoms with Gasteiger partial charge in [0.2, 0.25) is 0 Å². The number of aromatic amines is 1. The number of H-pyrrole nitrogens is 1. The van der Waals surface area contributed by atoms with E-state index in [2.05, 4.69) is 15.5 Å². The molecule has 72 valence electrons. The maximum atomic E-state index is 8.52. The van der Waals surface area contributed by atoms with Gasteiger partial charge in [0.25, 0.3) is 0 Å². The van der Waals surface area contributed by atoms with Crippen molar-refractivity contribution in [3.63, 3.8) is 0 Å². The van der Waals surface area contributed by atoms with Gasteiger partial charge in [-0.25, -0.2) is 0 Å². The van der Waals surface area contributed by atoms with E-state index in [1.54, 1.807) is 6.92 Å². The quantitative estimate of drug-likeness (QED) is 0.279. The first kappa shape index (κ1) is 8.62. The van der Waals surface area contributed by atoms with Crippen molar-refractivity contribution in [3.05, 3.63) is 30.5 Å². The van der Waals surface area contributed by atoms with E-state index in [1.807, 2.05) is 30.5 Å². The summed E-state index contributed by atoms with van der Waals surface area (Å²) < 4.78 is 0. The lowest BCUT2D eigenvalue weighted by Crippen LogP contribution is -2.05. The van der Waals surface area contributed by atoms with Crippen molar-refractivity contribution in [1.82, 2.24) is 4.98 Å². The van der Waals surface area contributed by atoms with Crippen molar-refractivity contribution < 1.29 is 5.21 Å². The van der Waals surface area contributed by atoms with Crippen LogP contribution in [0.1, 0.15) is 6.92 Å². The first-order chi connectivity index (χ1) is 6.81. The molecule has 3 N–H and O–H groups in total. The number of oxime groups is 1. The van der Waals surface area contributed by atoms with Crippen LogP contribution < -0.4 is 5.32 Å². The summed E-state index contributed by atoms with van der Waals surface area (Å²) in [6, 6.07) is 7.92. The average molecular weight is 189 g/mol. The Morgan fingerprint density at radius 3 is 3.00 bits per heavy atom. The van der Waals surface area contributed by atoms with E-state index >= 15 is 0 Å². The van der Waals surface area contributed by atoms with Gasteiger partial charge in [-0.1, -0.05) is 23.4 Å². The Morgan fingerprint density at radius 1 is 1.43 bits per heavy atom. The van der Waals surface area contributed by atoms with E-state index in [4.69, 9.17) is 5.21 Å². The molecule has 0 saturated carbocycles. The van der Waals surface area contributed by atoms with Gasteiger partial charge in [0.1, 0.15) is 5.84 Å². The fourth-order valence-corrected chi connectivity index (χ4v) is 1.39. The zero-order valence-corrected chi connectivity index (χ0v) is 7.78. The number of amidine groups is 1. The second-order valence-electron chi connectivity index (χ2n) is 3.06. The Hall–Kier alpha value is -1.97. The number of rotatable bonds is 1. The zero-order valence-electron chi connectivity index (χ0n) is 7.78. The number of nitrogens with zero attached hydrogens (tertiary/aromatic N) is 1. The molecule has 0 saturated heterocycles. The summed E-state index contributed by atoms with van der Waals surface area (Å²) in [5.41, 5.74) is 1.97. The summed E-state index contributed by atoms with van der Waals surface area (Å²) >= 11 is 0. The molecule has 14 heavy (non-hydrogen) atoms. The number of fused-ring (bicyclic) bond motifs is 1. The van der Waals surface area contributed by atoms with E-state index < -0.39 is 0 Å². The summed E-state index contributed by atoms with van der Waals surface area (Å²) in [4.78, 5) is 3.12. The number of nitrogens with one attached hydrogen (secondary N) is 2. The predicted octanol–water partition coefficient (Wildman–Crippen LogP) is 2.39. The number of benzene rings is 1. The molecular weight excluding hydrogens is 178 g/mol. The maximum Gasteiger partial charge on any atom is 0.143 e. The highest BCUT2D eigenvalue weighted by Crippen LogP contribution is 2.22. The van der Waals surface area contributed by atoms with Crippen molar-refractivity contribution in [2.45, 2.75) is 6.92 Å². The SMILES string of the molecule is CC(=NO)Nc1c[nH]c2ccccc12. The van der Waals surface area contributed by atoms with Gasteiger partial charge in [-0.05, 0) is 13.0 Å². The van der Waals surface area contributed by atoms with E-state index in [0.29, 0.717) is 5.84 Å². The number of anilines is 1. The molecule has 0 unspecified atom stereocenters. The fourth-order valence-electron chi connectivity index (χ4n) is 1.39. The summed E-state index contributed by atoms with van der Waals surface area (Å²) in [6.07, 6.45) is 1.85. The topological polar surface area (TPSA) is 60.4 Å². The molecule has 0 bridgehead atoms. The van der Waals surface area contributed by atoms with Crippen LogP contribution in [0.5, 0.6) is 0 Å². The van der Waals surface area contributed by atoms with E-state index in [9.17, 15) is 0 Å². The Kier molecular flexibility index (Phi) is 2.10. The van der Waals surface area contributed by atoms with Crippen molar-refractivity contribution in [2.24, 2.45) is 5.16 Å². The standard InChI is InChI=1S/C10H11N3O/c1-7(13-14)12-10-6-11-9-5-3-2-4-8(9)10/h2-6,11,14H,1H3,(H,12,13). The number of hydrogen-bond donors (Lipinski definition) is 3. The van der Waals surface area contributed by atoms with E-state index in [1.165, 1.54) is 0 Å². The molecule has 0 radical (unpaired) electrons. The third kappa shape index (κ3) is 1.42. The Labute approximate surface area is 81.2 Å². The molecule has 0 atom stereocenters. The highest BCUT2D eigenvalue weighted by atomic mass is 16.4. The molecule has 4 nitrogen and oxygen atoms in total. The van der Waals surface area contributed by atoms with E-state index in [-0.39, 0.29) is 0 Å². The number of hydrogen-bond acceptors (Lipinski definition) is 2. The number of aromatic nitrogens is 1. The third-order valence-electron chi connectivity index (χ3n) is 2.05. The van der Waals surface area contributed by atoms with Gasteiger partial charge < -0.3 is 15.5 Å². The van der Waals surface area contributed by atoms with Gasteiger partial charge in [0, 0.05) is 17.1 Å². The van der Waals surface area contributed by atoms with Gasteiger partial charge in [-0.3, -0.25) is 0 Å². The van der Waals surface area contributed by atoms with Crippen LogP contribution in [0, 0.1) is 0 Å². The molecule has 1 heterocycles. The second-order valence-corrected chi connectivity index (χ2v) is 3.06.